The summed E-state index contributed by atoms with van der Waals surface area (Å²) in [6.07, 6.45) is -0.0987. The van der Waals surface area contributed by atoms with E-state index in [2.05, 4.69) is 0 Å². The van der Waals surface area contributed by atoms with Gasteiger partial charge in [-0.3, -0.25) is 9.59 Å². The van der Waals surface area contributed by atoms with Gasteiger partial charge in [0.15, 0.2) is 0 Å². The monoisotopic (exact) mass is 449 g/mol. The van der Waals surface area contributed by atoms with Crippen molar-refractivity contribution in [1.29, 1.82) is 0 Å². The second-order valence-corrected chi connectivity index (χ2v) is 8.73. The standard InChI is InChI=1S/C25H20ClNO3S/c1-16(2)30-21-11-7-6-10-20(21)27-24(28)22(17-8-4-3-5-9-17)23(25(27)29)31-19-14-12-18(26)13-15-19/h3-16H,1-2H3. The number of halogens is 1. The molecule has 6 heteroatoms. The fourth-order valence-electron chi connectivity index (χ4n) is 3.30. The molecule has 0 saturated carbocycles. The lowest BCUT2D eigenvalue weighted by Gasteiger charge is -2.20. The van der Waals surface area contributed by atoms with Crippen molar-refractivity contribution in [3.63, 3.8) is 0 Å². The fraction of sp³-hybridized carbons (Fsp3) is 0.120. The Hall–Kier alpha value is -3.02. The Morgan fingerprint density at radius 2 is 1.48 bits per heavy atom. The van der Waals surface area contributed by atoms with E-state index in [4.69, 9.17) is 16.3 Å². The van der Waals surface area contributed by atoms with Crippen LogP contribution in [0.2, 0.25) is 5.02 Å². The number of hydrogen-bond acceptors (Lipinski definition) is 4. The average molecular weight is 450 g/mol. The van der Waals surface area contributed by atoms with Gasteiger partial charge in [-0.15, -0.1) is 0 Å². The van der Waals surface area contributed by atoms with Crippen molar-refractivity contribution in [1.82, 2.24) is 0 Å². The molecule has 4 nitrogen and oxygen atoms in total. The van der Waals surface area contributed by atoms with E-state index in [0.29, 0.717) is 32.5 Å². The van der Waals surface area contributed by atoms with Gasteiger partial charge in [-0.25, -0.2) is 4.90 Å². The van der Waals surface area contributed by atoms with Crippen LogP contribution in [0.25, 0.3) is 5.57 Å². The lowest BCUT2D eigenvalue weighted by molar-refractivity contribution is -0.119. The molecule has 2 amide bonds. The number of hydrogen-bond donors (Lipinski definition) is 0. The van der Waals surface area contributed by atoms with Gasteiger partial charge < -0.3 is 4.74 Å². The van der Waals surface area contributed by atoms with Gasteiger partial charge in [-0.2, -0.15) is 0 Å². The van der Waals surface area contributed by atoms with Gasteiger partial charge in [0, 0.05) is 9.92 Å². The minimum Gasteiger partial charge on any atom is -0.489 e. The molecule has 3 aromatic carbocycles. The molecule has 4 rings (SSSR count). The highest BCUT2D eigenvalue weighted by Crippen LogP contribution is 2.43. The molecule has 0 atom stereocenters. The van der Waals surface area contributed by atoms with E-state index < -0.39 is 0 Å². The third-order valence-electron chi connectivity index (χ3n) is 4.61. The van der Waals surface area contributed by atoms with E-state index >= 15 is 0 Å². The molecule has 1 heterocycles. The Labute approximate surface area is 190 Å². The first kappa shape index (κ1) is 21.2. The quantitative estimate of drug-likeness (QED) is 0.420. The lowest BCUT2D eigenvalue weighted by atomic mass is 10.1. The molecule has 0 spiro atoms. The van der Waals surface area contributed by atoms with Crippen molar-refractivity contribution in [2.24, 2.45) is 0 Å². The summed E-state index contributed by atoms with van der Waals surface area (Å²) in [5, 5.41) is 0.608. The number of anilines is 1. The molecule has 0 bridgehead atoms. The molecule has 156 valence electrons. The van der Waals surface area contributed by atoms with Crippen LogP contribution in [0.15, 0.2) is 88.7 Å². The van der Waals surface area contributed by atoms with Crippen LogP contribution in [0.5, 0.6) is 5.75 Å². The number of imide groups is 1. The summed E-state index contributed by atoms with van der Waals surface area (Å²) in [5.74, 6) is -0.250. The number of carbonyl (C=O) groups excluding carboxylic acids is 2. The number of carbonyl (C=O) groups is 2. The van der Waals surface area contributed by atoms with Crippen molar-refractivity contribution >= 4 is 46.4 Å². The lowest BCUT2D eigenvalue weighted by Crippen LogP contribution is -2.32. The summed E-state index contributed by atoms with van der Waals surface area (Å²) in [6.45, 7) is 3.81. The summed E-state index contributed by atoms with van der Waals surface area (Å²) in [7, 11) is 0. The first-order valence-corrected chi connectivity index (χ1v) is 11.0. The van der Waals surface area contributed by atoms with Crippen LogP contribution < -0.4 is 9.64 Å². The second kappa shape index (κ2) is 9.00. The van der Waals surface area contributed by atoms with Crippen LogP contribution in [0.1, 0.15) is 19.4 Å². The molecule has 0 unspecified atom stereocenters. The van der Waals surface area contributed by atoms with Crippen LogP contribution in [0, 0.1) is 0 Å². The number of benzene rings is 3. The summed E-state index contributed by atoms with van der Waals surface area (Å²) >= 11 is 7.26. The average Bonchev–Trinajstić information content (AvgIpc) is 3.00. The van der Waals surface area contributed by atoms with E-state index in [9.17, 15) is 9.59 Å². The summed E-state index contributed by atoms with van der Waals surface area (Å²) in [5.41, 5.74) is 1.51. The molecule has 3 aromatic rings. The predicted octanol–water partition coefficient (Wildman–Crippen LogP) is 6.20. The summed E-state index contributed by atoms with van der Waals surface area (Å²) in [4.78, 5) is 29.5. The summed E-state index contributed by atoms with van der Waals surface area (Å²) in [6, 6.07) is 23.5. The molecule has 0 aromatic heterocycles. The molecule has 0 radical (unpaired) electrons. The first-order chi connectivity index (χ1) is 15.0. The Bertz CT molecular complexity index is 1160. The van der Waals surface area contributed by atoms with Crippen LogP contribution in [0.3, 0.4) is 0 Å². The zero-order valence-corrected chi connectivity index (χ0v) is 18.6. The van der Waals surface area contributed by atoms with E-state index in [1.54, 1.807) is 30.3 Å². The Kier molecular flexibility index (Phi) is 6.16. The first-order valence-electron chi connectivity index (χ1n) is 9.83. The number of rotatable bonds is 6. The number of ether oxygens (including phenoxy) is 1. The predicted molar refractivity (Wildman–Crippen MR) is 125 cm³/mol. The molecule has 31 heavy (non-hydrogen) atoms. The van der Waals surface area contributed by atoms with Crippen LogP contribution >= 0.6 is 23.4 Å². The molecule has 1 aliphatic rings. The number of para-hydroxylation sites is 2. The highest BCUT2D eigenvalue weighted by molar-refractivity contribution is 8.04. The SMILES string of the molecule is CC(C)Oc1ccccc1N1C(=O)C(Sc2ccc(Cl)cc2)=C(c2ccccc2)C1=O. The maximum Gasteiger partial charge on any atom is 0.273 e. The minimum absolute atomic E-state index is 0.0987. The number of amides is 2. The zero-order valence-electron chi connectivity index (χ0n) is 17.0. The van der Waals surface area contributed by atoms with Gasteiger partial charge in [0.2, 0.25) is 0 Å². The van der Waals surface area contributed by atoms with E-state index in [1.165, 1.54) is 16.7 Å². The Morgan fingerprint density at radius 1 is 0.839 bits per heavy atom. The zero-order chi connectivity index (χ0) is 22.0. The molecule has 1 aliphatic heterocycles. The molecule has 0 aliphatic carbocycles. The Morgan fingerprint density at radius 3 is 2.16 bits per heavy atom. The highest BCUT2D eigenvalue weighted by Gasteiger charge is 2.41. The van der Waals surface area contributed by atoms with Gasteiger partial charge in [-0.05, 0) is 55.8 Å². The highest BCUT2D eigenvalue weighted by atomic mass is 35.5. The van der Waals surface area contributed by atoms with Crippen molar-refractivity contribution in [2.45, 2.75) is 24.8 Å². The topological polar surface area (TPSA) is 46.6 Å². The van der Waals surface area contributed by atoms with E-state index in [-0.39, 0.29) is 17.9 Å². The Balaban J connectivity index is 1.81. The van der Waals surface area contributed by atoms with E-state index in [1.807, 2.05) is 62.4 Å². The summed E-state index contributed by atoms with van der Waals surface area (Å²) < 4.78 is 5.88. The van der Waals surface area contributed by atoms with Crippen LogP contribution in [-0.2, 0) is 9.59 Å². The largest absolute Gasteiger partial charge is 0.489 e. The van der Waals surface area contributed by atoms with Gasteiger partial charge in [0.05, 0.1) is 22.3 Å². The van der Waals surface area contributed by atoms with Crippen molar-refractivity contribution < 1.29 is 14.3 Å². The third kappa shape index (κ3) is 4.38. The normalized spacial score (nSPS) is 14.0. The van der Waals surface area contributed by atoms with Crippen molar-refractivity contribution in [3.05, 3.63) is 94.4 Å². The molecule has 0 N–H and O–H groups in total. The second-order valence-electron chi connectivity index (χ2n) is 7.21. The van der Waals surface area contributed by atoms with Gasteiger partial charge in [0.25, 0.3) is 11.8 Å². The van der Waals surface area contributed by atoms with Gasteiger partial charge in [0.1, 0.15) is 5.75 Å². The number of thioether (sulfide) groups is 1. The smallest absolute Gasteiger partial charge is 0.273 e. The van der Waals surface area contributed by atoms with Crippen LogP contribution in [0.4, 0.5) is 5.69 Å². The van der Waals surface area contributed by atoms with Gasteiger partial charge in [-0.1, -0.05) is 65.8 Å². The van der Waals surface area contributed by atoms with Crippen molar-refractivity contribution in [2.75, 3.05) is 4.90 Å². The molecule has 0 fully saturated rings. The fourth-order valence-corrected chi connectivity index (χ4v) is 4.42. The molecular weight excluding hydrogens is 430 g/mol. The van der Waals surface area contributed by atoms with E-state index in [0.717, 1.165) is 4.90 Å². The molecular formula is C25H20ClNO3S. The van der Waals surface area contributed by atoms with Crippen molar-refractivity contribution in [3.8, 4) is 5.75 Å². The van der Waals surface area contributed by atoms with Gasteiger partial charge >= 0.3 is 0 Å². The number of nitrogens with zero attached hydrogens (tertiary/aromatic N) is 1. The van der Waals surface area contributed by atoms with Crippen LogP contribution in [-0.4, -0.2) is 17.9 Å². The third-order valence-corrected chi connectivity index (χ3v) is 5.95. The minimum atomic E-state index is -0.372. The molecule has 0 saturated heterocycles. The maximum atomic E-state index is 13.6. The maximum absolute atomic E-state index is 13.6.